The quantitative estimate of drug-likeness (QED) is 0.891. The van der Waals surface area contributed by atoms with E-state index in [1.54, 1.807) is 13.2 Å². The van der Waals surface area contributed by atoms with E-state index >= 15 is 0 Å². The highest BCUT2D eigenvalue weighted by Gasteiger charge is 2.31. The van der Waals surface area contributed by atoms with Gasteiger partial charge in [-0.25, -0.2) is 4.39 Å². The van der Waals surface area contributed by atoms with E-state index in [1.165, 1.54) is 31.7 Å². The Morgan fingerprint density at radius 1 is 1.37 bits per heavy atom. The smallest absolute Gasteiger partial charge is 0.131 e. The zero-order chi connectivity index (χ0) is 13.9. The second-order valence-corrected chi connectivity index (χ2v) is 6.13. The molecule has 0 heterocycles. The lowest BCUT2D eigenvalue weighted by Crippen LogP contribution is -2.43. The van der Waals surface area contributed by atoms with E-state index in [1.807, 2.05) is 6.07 Å². The first kappa shape index (κ1) is 14.3. The Balaban J connectivity index is 1.98. The number of rotatable bonds is 4. The van der Waals surface area contributed by atoms with Crippen LogP contribution in [-0.2, 0) is 6.54 Å². The summed E-state index contributed by atoms with van der Waals surface area (Å²) in [6, 6.07) is 5.54. The number of nitrogens with one attached hydrogen (secondary N) is 1. The van der Waals surface area contributed by atoms with Crippen LogP contribution in [-0.4, -0.2) is 13.2 Å². The van der Waals surface area contributed by atoms with Gasteiger partial charge >= 0.3 is 0 Å². The van der Waals surface area contributed by atoms with Gasteiger partial charge in [0, 0.05) is 24.2 Å². The Morgan fingerprint density at radius 3 is 2.79 bits per heavy atom. The minimum atomic E-state index is -0.194. The molecular weight excluding hydrogens is 241 g/mol. The van der Waals surface area contributed by atoms with Crippen molar-refractivity contribution in [3.05, 3.63) is 29.6 Å². The summed E-state index contributed by atoms with van der Waals surface area (Å²) in [6.45, 7) is 5.19. The fourth-order valence-electron chi connectivity index (χ4n) is 2.90. The molecule has 19 heavy (non-hydrogen) atoms. The van der Waals surface area contributed by atoms with E-state index in [2.05, 4.69) is 19.2 Å². The maximum absolute atomic E-state index is 13.9. The third-order valence-corrected chi connectivity index (χ3v) is 4.31. The largest absolute Gasteiger partial charge is 0.497 e. The number of hydrogen-bond donors (Lipinski definition) is 1. The molecule has 0 spiro atoms. The Kier molecular flexibility index (Phi) is 4.46. The molecule has 2 rings (SSSR count). The molecule has 0 aliphatic heterocycles. The number of hydrogen-bond acceptors (Lipinski definition) is 2. The van der Waals surface area contributed by atoms with E-state index in [4.69, 9.17) is 4.74 Å². The number of methoxy groups -OCH3 is 1. The van der Waals surface area contributed by atoms with E-state index in [0.29, 0.717) is 29.3 Å². The minimum absolute atomic E-state index is 0.194. The van der Waals surface area contributed by atoms with Crippen LogP contribution in [0.1, 0.15) is 45.1 Å². The molecule has 0 saturated heterocycles. The molecule has 1 aliphatic carbocycles. The van der Waals surface area contributed by atoms with Crippen LogP contribution in [0.2, 0.25) is 0 Å². The highest BCUT2D eigenvalue weighted by molar-refractivity contribution is 5.28. The van der Waals surface area contributed by atoms with Crippen molar-refractivity contribution in [2.24, 2.45) is 5.41 Å². The van der Waals surface area contributed by atoms with Crippen molar-refractivity contribution in [1.82, 2.24) is 5.32 Å². The topological polar surface area (TPSA) is 21.3 Å². The molecule has 0 bridgehead atoms. The van der Waals surface area contributed by atoms with E-state index < -0.39 is 0 Å². The highest BCUT2D eigenvalue weighted by Crippen LogP contribution is 2.35. The lowest BCUT2D eigenvalue weighted by Gasteiger charge is -2.39. The summed E-state index contributed by atoms with van der Waals surface area (Å²) in [5, 5.41) is 3.53. The van der Waals surface area contributed by atoms with E-state index in [0.717, 1.165) is 0 Å². The van der Waals surface area contributed by atoms with Gasteiger partial charge in [0.15, 0.2) is 0 Å². The zero-order valence-corrected chi connectivity index (χ0v) is 12.1. The summed E-state index contributed by atoms with van der Waals surface area (Å²) in [6.07, 6.45) is 5.01. The average Bonchev–Trinajstić information content (AvgIpc) is 2.38. The van der Waals surface area contributed by atoms with Crippen LogP contribution in [0, 0.1) is 11.2 Å². The van der Waals surface area contributed by atoms with Gasteiger partial charge in [-0.05, 0) is 24.3 Å². The molecule has 1 saturated carbocycles. The van der Waals surface area contributed by atoms with Gasteiger partial charge in [0.25, 0.3) is 0 Å². The third kappa shape index (κ3) is 3.47. The first-order valence-electron chi connectivity index (χ1n) is 7.09. The second-order valence-electron chi connectivity index (χ2n) is 6.13. The van der Waals surface area contributed by atoms with Crippen LogP contribution in [0.25, 0.3) is 0 Å². The van der Waals surface area contributed by atoms with E-state index in [-0.39, 0.29) is 5.82 Å². The molecule has 1 aromatic rings. The molecule has 3 heteroatoms. The monoisotopic (exact) mass is 265 g/mol. The van der Waals surface area contributed by atoms with Crippen LogP contribution in [0.4, 0.5) is 4.39 Å². The van der Waals surface area contributed by atoms with Gasteiger partial charge in [0.1, 0.15) is 11.6 Å². The Morgan fingerprint density at radius 2 is 2.16 bits per heavy atom. The number of benzene rings is 1. The molecule has 1 N–H and O–H groups in total. The van der Waals surface area contributed by atoms with Crippen molar-refractivity contribution >= 4 is 0 Å². The number of halogens is 1. The maximum atomic E-state index is 13.9. The molecular formula is C16H24FNO. The standard InChI is InChI=1S/C16H24FNO/c1-16(2)9-5-4-6-15(16)18-11-12-7-8-13(19-3)10-14(12)17/h7-8,10,15,18H,4-6,9,11H2,1-3H3. The molecule has 106 valence electrons. The first-order chi connectivity index (χ1) is 9.03. The zero-order valence-electron chi connectivity index (χ0n) is 12.1. The van der Waals surface area contributed by atoms with Crippen LogP contribution in [0.5, 0.6) is 5.75 Å². The molecule has 1 fully saturated rings. The summed E-state index contributed by atoms with van der Waals surface area (Å²) in [5.74, 6) is 0.375. The summed E-state index contributed by atoms with van der Waals surface area (Å²) in [7, 11) is 1.55. The van der Waals surface area contributed by atoms with Crippen LogP contribution in [0.3, 0.4) is 0 Å². The van der Waals surface area contributed by atoms with Crippen molar-refractivity contribution in [2.75, 3.05) is 7.11 Å². The second kappa shape index (κ2) is 5.91. The Hall–Kier alpha value is -1.09. The van der Waals surface area contributed by atoms with Crippen LogP contribution < -0.4 is 10.1 Å². The third-order valence-electron chi connectivity index (χ3n) is 4.31. The van der Waals surface area contributed by atoms with Crippen molar-refractivity contribution < 1.29 is 9.13 Å². The molecule has 0 aromatic heterocycles. The van der Waals surface area contributed by atoms with E-state index in [9.17, 15) is 4.39 Å². The number of ether oxygens (including phenoxy) is 1. The summed E-state index contributed by atoms with van der Waals surface area (Å²) in [4.78, 5) is 0. The molecule has 2 nitrogen and oxygen atoms in total. The summed E-state index contributed by atoms with van der Waals surface area (Å²) >= 11 is 0. The maximum Gasteiger partial charge on any atom is 0.131 e. The lowest BCUT2D eigenvalue weighted by molar-refractivity contribution is 0.166. The van der Waals surface area contributed by atoms with Crippen LogP contribution >= 0.6 is 0 Å². The van der Waals surface area contributed by atoms with Crippen LogP contribution in [0.15, 0.2) is 18.2 Å². The predicted octanol–water partition coefficient (Wildman–Crippen LogP) is 3.89. The van der Waals surface area contributed by atoms with Crippen molar-refractivity contribution in [3.63, 3.8) is 0 Å². The molecule has 1 atom stereocenters. The fourth-order valence-corrected chi connectivity index (χ4v) is 2.90. The van der Waals surface area contributed by atoms with Crippen molar-refractivity contribution in [1.29, 1.82) is 0 Å². The molecule has 0 amide bonds. The molecule has 1 unspecified atom stereocenters. The SMILES string of the molecule is COc1ccc(CNC2CCCCC2(C)C)c(F)c1. The average molecular weight is 265 g/mol. The molecule has 1 aromatic carbocycles. The van der Waals surface area contributed by atoms with Gasteiger partial charge in [0.05, 0.1) is 7.11 Å². The van der Waals surface area contributed by atoms with Crippen molar-refractivity contribution in [3.8, 4) is 5.75 Å². The Labute approximate surface area is 115 Å². The predicted molar refractivity (Wildman–Crippen MR) is 75.8 cm³/mol. The van der Waals surface area contributed by atoms with Gasteiger partial charge in [0.2, 0.25) is 0 Å². The van der Waals surface area contributed by atoms with Gasteiger partial charge in [-0.2, -0.15) is 0 Å². The fraction of sp³-hybridized carbons (Fsp3) is 0.625. The summed E-state index contributed by atoms with van der Waals surface area (Å²) in [5.41, 5.74) is 1.02. The normalized spacial score (nSPS) is 22.2. The van der Waals surface area contributed by atoms with Gasteiger partial charge < -0.3 is 10.1 Å². The molecule has 1 aliphatic rings. The van der Waals surface area contributed by atoms with Gasteiger partial charge in [-0.1, -0.05) is 32.8 Å². The summed E-state index contributed by atoms with van der Waals surface area (Å²) < 4.78 is 18.9. The highest BCUT2D eigenvalue weighted by atomic mass is 19.1. The minimum Gasteiger partial charge on any atom is -0.497 e. The first-order valence-corrected chi connectivity index (χ1v) is 7.09. The van der Waals surface area contributed by atoms with Gasteiger partial charge in [-0.3, -0.25) is 0 Å². The van der Waals surface area contributed by atoms with Crippen molar-refractivity contribution in [2.45, 2.75) is 52.1 Å². The molecule has 0 radical (unpaired) electrons. The Bertz CT molecular complexity index is 431. The lowest BCUT2D eigenvalue weighted by atomic mass is 9.73. The van der Waals surface area contributed by atoms with Gasteiger partial charge in [-0.15, -0.1) is 0 Å².